The summed E-state index contributed by atoms with van der Waals surface area (Å²) in [6.07, 6.45) is 13.9. The normalized spacial score (nSPS) is 17.4. The van der Waals surface area contributed by atoms with Crippen LogP contribution < -0.4 is 27.4 Å². The lowest BCUT2D eigenvalue weighted by atomic mass is 9.78. The molecule has 1 aromatic carbocycles. The number of piperidine rings is 1. The number of thiocarbonyl (C=S) groups is 1. The van der Waals surface area contributed by atoms with Gasteiger partial charge >= 0.3 is 5.69 Å². The molecule has 380 valence electrons. The van der Waals surface area contributed by atoms with Crippen LogP contribution in [-0.2, 0) is 27.7 Å². The van der Waals surface area contributed by atoms with Gasteiger partial charge in [-0.3, -0.25) is 13.9 Å². The molecule has 14 nitrogen and oxygen atoms in total. The Hall–Kier alpha value is -5.17. The standard InChI is InChI=1S/C30H47N7S.C22H31N3O4.C2H6/c1-7-17-37(18-11-12-20(4)8-2)30-34-16-15-25(35-30)28(33)36-29(38)23-14-10-13-22(6)26(23)24(19-31)27(32)21(5)9-3;1-4-11-28-13-14-29-12-5-6-17-8-10-18-20(15-17)24(3)22(27)25(18)19-9-7-16(2)23-21(19)26;1-2/h15-16,20-21,23H,7-14,17-18,32H2,1-6H3,(H2,33,36,38);8,10,15,19H,2,4-7,9,11-14H2,1,3H3,(H,23,26);1-2H3/b27-24+;;. The fourth-order valence-corrected chi connectivity index (χ4v) is 8.90. The zero-order valence-corrected chi connectivity index (χ0v) is 44.5. The van der Waals surface area contributed by atoms with Crippen molar-refractivity contribution in [2.45, 2.75) is 152 Å². The number of anilines is 1. The van der Waals surface area contributed by atoms with Gasteiger partial charge in [-0.2, -0.15) is 5.26 Å². The van der Waals surface area contributed by atoms with Gasteiger partial charge in [-0.05, 0) is 125 Å². The van der Waals surface area contributed by atoms with Gasteiger partial charge in [0.15, 0.2) is 5.84 Å². The fraction of sp³-hybridized carbons (Fsp3) is 0.611. The van der Waals surface area contributed by atoms with Crippen LogP contribution in [0.2, 0.25) is 0 Å². The number of carbonyl (C=O) groups excluding carboxylic acids is 1. The average molecular weight is 969 g/mol. The number of carbonyl (C=O) groups is 1. The summed E-state index contributed by atoms with van der Waals surface area (Å²) >= 11 is 5.82. The summed E-state index contributed by atoms with van der Waals surface area (Å²) in [7, 11) is 1.75. The van der Waals surface area contributed by atoms with E-state index in [4.69, 9.17) is 38.1 Å². The van der Waals surface area contributed by atoms with E-state index in [9.17, 15) is 14.9 Å². The lowest BCUT2D eigenvalue weighted by Gasteiger charge is -2.28. The molecule has 5 rings (SSSR count). The minimum atomic E-state index is -0.495. The molecule has 1 saturated heterocycles. The highest BCUT2D eigenvalue weighted by molar-refractivity contribution is 7.80. The summed E-state index contributed by atoms with van der Waals surface area (Å²) in [6, 6.07) is 9.67. The molecule has 1 aliphatic carbocycles. The Labute approximate surface area is 418 Å². The van der Waals surface area contributed by atoms with Crippen molar-refractivity contribution in [2.75, 3.05) is 44.4 Å². The van der Waals surface area contributed by atoms with Gasteiger partial charge in [-0.1, -0.05) is 92.2 Å². The third-order valence-electron chi connectivity index (χ3n) is 13.0. The molecule has 0 spiro atoms. The topological polar surface area (TPSA) is 192 Å². The van der Waals surface area contributed by atoms with E-state index in [0.29, 0.717) is 72.2 Å². The van der Waals surface area contributed by atoms with Crippen molar-refractivity contribution in [3.8, 4) is 6.07 Å². The average Bonchev–Trinajstić information content (AvgIpc) is 3.60. The third kappa shape index (κ3) is 16.7. The first kappa shape index (κ1) is 58.1. The highest BCUT2D eigenvalue weighted by Crippen LogP contribution is 2.38. The van der Waals surface area contributed by atoms with Crippen LogP contribution in [0.15, 0.2) is 74.9 Å². The number of rotatable bonds is 23. The minimum Gasteiger partial charge on any atom is -0.401 e. The number of hydrogen-bond acceptors (Lipinski definition) is 10. The van der Waals surface area contributed by atoms with Gasteiger partial charge in [0.2, 0.25) is 11.9 Å². The van der Waals surface area contributed by atoms with Crippen molar-refractivity contribution in [3.05, 3.63) is 86.9 Å². The molecule has 2 aromatic heterocycles. The third-order valence-corrected chi connectivity index (χ3v) is 13.3. The molecule has 0 saturated carbocycles. The molecule has 1 aliphatic heterocycles. The number of fused-ring (bicyclic) bond motifs is 1. The summed E-state index contributed by atoms with van der Waals surface area (Å²) in [4.78, 5) is 41.9. The second-order valence-electron chi connectivity index (χ2n) is 18.1. The Morgan fingerprint density at radius 1 is 1.00 bits per heavy atom. The number of aryl methyl sites for hydroxylation is 2. The van der Waals surface area contributed by atoms with Crippen LogP contribution in [0.5, 0.6) is 0 Å². The van der Waals surface area contributed by atoms with Crippen LogP contribution in [0.4, 0.5) is 5.95 Å². The van der Waals surface area contributed by atoms with E-state index < -0.39 is 6.04 Å². The zero-order chi connectivity index (χ0) is 51.0. The molecule has 69 heavy (non-hydrogen) atoms. The molecule has 2 aliphatic rings. The van der Waals surface area contributed by atoms with E-state index in [2.05, 4.69) is 74.4 Å². The molecule has 1 fully saturated rings. The zero-order valence-electron chi connectivity index (χ0n) is 43.7. The molecule has 4 atom stereocenters. The number of nitrogens with one attached hydrogen (secondary N) is 1. The molecule has 1 amide bonds. The lowest BCUT2D eigenvalue weighted by molar-refractivity contribution is -0.124. The first-order valence-electron chi connectivity index (χ1n) is 25.6. The molecular weight excluding hydrogens is 885 g/mol. The predicted molar refractivity (Wildman–Crippen MR) is 287 cm³/mol. The SMILES string of the molecule is C=C1CCC(n2c(=O)n(C)c3cc(CCCOCCOCCC)ccc32)C(=O)N1.CC.CCCN(CCCC(C)CC)c1nccc(C(N)=NC(=S)C2CCCC(C)=C2/C(C#N)=C(/N)C(C)CC)n1. The number of imidazole rings is 1. The first-order chi connectivity index (χ1) is 33.2. The Balaban J connectivity index is 0.000000364. The first-order valence-corrected chi connectivity index (χ1v) is 26.0. The van der Waals surface area contributed by atoms with Gasteiger partial charge in [-0.25, -0.2) is 19.8 Å². The molecule has 5 N–H and O–H groups in total. The highest BCUT2D eigenvalue weighted by atomic mass is 32.1. The molecule has 0 bridgehead atoms. The molecule has 3 heterocycles. The molecule has 15 heteroatoms. The number of nitrogens with two attached hydrogens (primary N) is 2. The summed E-state index contributed by atoms with van der Waals surface area (Å²) in [6.45, 7) is 27.3. The number of amidine groups is 1. The molecule has 3 aromatic rings. The van der Waals surface area contributed by atoms with E-state index >= 15 is 0 Å². The predicted octanol–water partition coefficient (Wildman–Crippen LogP) is 10.2. The van der Waals surface area contributed by atoms with E-state index in [1.165, 1.54) is 12.8 Å². The molecule has 4 unspecified atom stereocenters. The molecular formula is C54H84N10O4S. The van der Waals surface area contributed by atoms with Crippen LogP contribution in [0.25, 0.3) is 11.0 Å². The van der Waals surface area contributed by atoms with Crippen molar-refractivity contribution in [1.82, 2.24) is 24.4 Å². The Morgan fingerprint density at radius 2 is 1.72 bits per heavy atom. The number of nitrogens with zero attached hydrogens (tertiary/aromatic N) is 7. The minimum absolute atomic E-state index is 0.116. The number of amides is 1. The van der Waals surface area contributed by atoms with E-state index in [0.717, 1.165) is 105 Å². The number of aromatic nitrogens is 4. The van der Waals surface area contributed by atoms with Gasteiger partial charge in [0.1, 0.15) is 22.8 Å². The van der Waals surface area contributed by atoms with E-state index in [1.807, 2.05) is 39.0 Å². The summed E-state index contributed by atoms with van der Waals surface area (Å²) in [5, 5.41) is 12.8. The number of benzene rings is 1. The maximum Gasteiger partial charge on any atom is 0.329 e. The second kappa shape index (κ2) is 30.4. The van der Waals surface area contributed by atoms with E-state index in [-0.39, 0.29) is 29.3 Å². The summed E-state index contributed by atoms with van der Waals surface area (Å²) < 4.78 is 14.2. The van der Waals surface area contributed by atoms with Gasteiger partial charge in [-0.15, -0.1) is 0 Å². The highest BCUT2D eigenvalue weighted by Gasteiger charge is 2.31. The quantitative estimate of drug-likeness (QED) is 0.0269. The number of allylic oxidation sites excluding steroid dienone is 4. The Morgan fingerprint density at radius 3 is 2.38 bits per heavy atom. The summed E-state index contributed by atoms with van der Waals surface area (Å²) in [5.74, 6) is 1.43. The van der Waals surface area contributed by atoms with Crippen molar-refractivity contribution in [2.24, 2.45) is 41.3 Å². The van der Waals surface area contributed by atoms with Gasteiger partial charge in [0, 0.05) is 56.9 Å². The van der Waals surface area contributed by atoms with Crippen LogP contribution in [0.3, 0.4) is 0 Å². The van der Waals surface area contributed by atoms with Crippen molar-refractivity contribution in [3.63, 3.8) is 0 Å². The largest absolute Gasteiger partial charge is 0.401 e. The second-order valence-corrected chi connectivity index (χ2v) is 18.5. The fourth-order valence-electron chi connectivity index (χ4n) is 8.56. The Kier molecular flexibility index (Phi) is 25.7. The number of aliphatic imine (C=N–C) groups is 1. The number of nitriles is 1. The van der Waals surface area contributed by atoms with Gasteiger partial charge < -0.3 is 31.2 Å². The molecule has 0 radical (unpaired) electrons. The van der Waals surface area contributed by atoms with Crippen molar-refractivity contribution < 1.29 is 14.3 Å². The van der Waals surface area contributed by atoms with Crippen molar-refractivity contribution >= 4 is 45.9 Å². The van der Waals surface area contributed by atoms with Crippen molar-refractivity contribution in [1.29, 1.82) is 5.26 Å². The monoisotopic (exact) mass is 969 g/mol. The number of hydrogen-bond donors (Lipinski definition) is 3. The lowest BCUT2D eigenvalue weighted by Crippen LogP contribution is -2.40. The smallest absolute Gasteiger partial charge is 0.329 e. The summed E-state index contributed by atoms with van der Waals surface area (Å²) in [5.41, 5.74) is 20.1. The van der Waals surface area contributed by atoms with Gasteiger partial charge in [0.25, 0.3) is 0 Å². The number of ether oxygens (including phenoxy) is 2. The van der Waals surface area contributed by atoms with Gasteiger partial charge in [0.05, 0.1) is 29.8 Å². The van der Waals surface area contributed by atoms with E-state index in [1.54, 1.807) is 28.4 Å². The maximum atomic E-state index is 12.8. The van der Waals surface area contributed by atoms with Crippen LogP contribution in [0, 0.1) is 29.1 Å². The van der Waals surface area contributed by atoms with Crippen LogP contribution >= 0.6 is 12.2 Å². The van der Waals surface area contributed by atoms with Crippen LogP contribution in [0.1, 0.15) is 157 Å². The maximum absolute atomic E-state index is 12.8. The Bertz CT molecular complexity index is 2340. The van der Waals surface area contributed by atoms with Crippen LogP contribution in [-0.4, -0.2) is 75.4 Å².